The fourth-order valence-corrected chi connectivity index (χ4v) is 4.02. The lowest BCUT2D eigenvalue weighted by Crippen LogP contribution is -2.45. The van der Waals surface area contributed by atoms with Gasteiger partial charge in [-0.3, -0.25) is 4.90 Å². The van der Waals surface area contributed by atoms with Crippen molar-refractivity contribution in [1.82, 2.24) is 20.4 Å². The van der Waals surface area contributed by atoms with Crippen molar-refractivity contribution in [3.05, 3.63) is 101 Å². The molecule has 1 aliphatic rings. The van der Waals surface area contributed by atoms with Gasteiger partial charge in [0.25, 0.3) is 5.89 Å². The monoisotopic (exact) mass is 464 g/mol. The van der Waals surface area contributed by atoms with Crippen LogP contribution in [0.25, 0.3) is 17.0 Å². The van der Waals surface area contributed by atoms with Gasteiger partial charge < -0.3 is 14.3 Å². The number of benzene rings is 2. The number of rotatable bonds is 5. The minimum absolute atomic E-state index is 0.209. The Hall–Kier alpha value is -3.91. The van der Waals surface area contributed by atoms with Gasteiger partial charge in [0.05, 0.1) is 24.4 Å². The molecule has 2 amide bonds. The lowest BCUT2D eigenvalue weighted by Gasteiger charge is -2.34. The maximum atomic E-state index is 13.7. The molecule has 0 saturated carbocycles. The number of carbonyl (C=O) groups is 1. The number of halogens is 2. The molecule has 9 heteroatoms. The molecule has 2 aromatic heterocycles. The molecule has 166 valence electrons. The molecule has 1 aliphatic heterocycles. The highest BCUT2D eigenvalue weighted by molar-refractivity contribution is 6.30. The van der Waals surface area contributed by atoms with Crippen LogP contribution in [0.2, 0.25) is 5.02 Å². The highest BCUT2D eigenvalue weighted by atomic mass is 35.5. The van der Waals surface area contributed by atoms with E-state index in [0.717, 1.165) is 5.56 Å². The summed E-state index contributed by atoms with van der Waals surface area (Å²) >= 11 is 6.21. The second-order valence-electron chi connectivity index (χ2n) is 7.54. The van der Waals surface area contributed by atoms with E-state index < -0.39 is 11.9 Å². The number of nitrogens with zero attached hydrogens (tertiary/aromatic N) is 3. The van der Waals surface area contributed by atoms with Crippen molar-refractivity contribution >= 4 is 23.2 Å². The number of furan rings is 1. The molecule has 0 aliphatic carbocycles. The maximum absolute atomic E-state index is 13.7. The second kappa shape index (κ2) is 8.55. The topological polar surface area (TPSA) is 84.4 Å². The second-order valence-corrected chi connectivity index (χ2v) is 7.97. The third-order valence-corrected chi connectivity index (χ3v) is 5.65. The van der Waals surface area contributed by atoms with Crippen LogP contribution in [-0.2, 0) is 6.54 Å². The van der Waals surface area contributed by atoms with Crippen LogP contribution in [0.4, 0.5) is 9.18 Å². The van der Waals surface area contributed by atoms with Gasteiger partial charge in [0.2, 0.25) is 5.82 Å². The first-order chi connectivity index (χ1) is 16.0. The Bertz CT molecular complexity index is 1350. The van der Waals surface area contributed by atoms with E-state index in [4.69, 9.17) is 20.5 Å². The molecule has 2 aromatic carbocycles. The molecule has 4 aromatic rings. The summed E-state index contributed by atoms with van der Waals surface area (Å²) in [6.45, 7) is 2.03. The van der Waals surface area contributed by atoms with Gasteiger partial charge in [0.15, 0.2) is 0 Å². The number of allylic oxidation sites excluding steroid dienone is 1. The molecule has 0 bridgehead atoms. The number of hydrogen-bond acceptors (Lipinski definition) is 5. The molecule has 5 rings (SSSR count). The standard InChI is InChI=1S/C24H18ClFN4O3/c1-14-20(23-28-22(29-33-23)16-6-3-8-18(26)12-16)21(15-5-2-7-17(25)11-15)27-24(31)30(14)13-19-9-4-10-32-19/h2-12,21H,13H2,1H3,(H,27,31). The maximum Gasteiger partial charge on any atom is 0.322 e. The summed E-state index contributed by atoms with van der Waals surface area (Å²) in [5.74, 6) is 0.668. The number of carbonyl (C=O) groups excluding carboxylic acids is 1. The molecule has 33 heavy (non-hydrogen) atoms. The Balaban J connectivity index is 1.61. The fraction of sp³-hybridized carbons (Fsp3) is 0.125. The van der Waals surface area contributed by atoms with Crippen LogP contribution in [0.5, 0.6) is 0 Å². The number of urea groups is 1. The van der Waals surface area contributed by atoms with Crippen molar-refractivity contribution in [2.45, 2.75) is 19.5 Å². The first-order valence-electron chi connectivity index (χ1n) is 10.2. The largest absolute Gasteiger partial charge is 0.467 e. The van der Waals surface area contributed by atoms with Crippen LogP contribution >= 0.6 is 11.6 Å². The Kier molecular flexibility index (Phi) is 5.43. The lowest BCUT2D eigenvalue weighted by atomic mass is 9.94. The Labute approximate surface area is 193 Å². The van der Waals surface area contributed by atoms with E-state index in [1.165, 1.54) is 12.1 Å². The van der Waals surface area contributed by atoms with Crippen molar-refractivity contribution in [3.8, 4) is 11.4 Å². The first kappa shape index (κ1) is 21.0. The Morgan fingerprint density at radius 3 is 2.76 bits per heavy atom. The van der Waals surface area contributed by atoms with Crippen molar-refractivity contribution < 1.29 is 18.1 Å². The van der Waals surface area contributed by atoms with Gasteiger partial charge in [-0.15, -0.1) is 0 Å². The summed E-state index contributed by atoms with van der Waals surface area (Å²) in [5, 5.41) is 7.57. The minimum Gasteiger partial charge on any atom is -0.467 e. The first-order valence-corrected chi connectivity index (χ1v) is 10.5. The highest BCUT2D eigenvalue weighted by Gasteiger charge is 2.36. The van der Waals surface area contributed by atoms with Gasteiger partial charge >= 0.3 is 6.03 Å². The fourth-order valence-electron chi connectivity index (χ4n) is 3.82. The minimum atomic E-state index is -0.579. The van der Waals surface area contributed by atoms with Crippen molar-refractivity contribution in [2.24, 2.45) is 0 Å². The molecular formula is C24H18ClFN4O3. The summed E-state index contributed by atoms with van der Waals surface area (Å²) < 4.78 is 24.7. The number of amides is 2. The zero-order valence-electron chi connectivity index (χ0n) is 17.5. The van der Waals surface area contributed by atoms with E-state index in [1.807, 2.05) is 6.07 Å². The van der Waals surface area contributed by atoms with Gasteiger partial charge in [0, 0.05) is 16.3 Å². The Morgan fingerprint density at radius 2 is 2.00 bits per heavy atom. The van der Waals surface area contributed by atoms with E-state index >= 15 is 0 Å². The molecule has 0 radical (unpaired) electrons. The van der Waals surface area contributed by atoms with Crippen molar-refractivity contribution in [2.75, 3.05) is 0 Å². The van der Waals surface area contributed by atoms with Gasteiger partial charge in [0.1, 0.15) is 11.6 Å². The van der Waals surface area contributed by atoms with Gasteiger partial charge in [-0.1, -0.05) is 41.0 Å². The van der Waals surface area contributed by atoms with E-state index in [0.29, 0.717) is 27.6 Å². The quantitative estimate of drug-likeness (QED) is 0.402. The summed E-state index contributed by atoms with van der Waals surface area (Å²) in [6, 6.07) is 15.8. The van der Waals surface area contributed by atoms with Crippen LogP contribution in [0.15, 0.2) is 81.6 Å². The molecule has 1 atom stereocenters. The van der Waals surface area contributed by atoms with Crippen LogP contribution in [0.3, 0.4) is 0 Å². The third-order valence-electron chi connectivity index (χ3n) is 5.41. The van der Waals surface area contributed by atoms with Crippen LogP contribution < -0.4 is 5.32 Å². The van der Waals surface area contributed by atoms with Crippen LogP contribution in [0, 0.1) is 5.82 Å². The Morgan fingerprint density at radius 1 is 1.15 bits per heavy atom. The number of hydrogen-bond donors (Lipinski definition) is 1. The zero-order chi connectivity index (χ0) is 22.9. The molecule has 0 fully saturated rings. The predicted molar refractivity (Wildman–Crippen MR) is 119 cm³/mol. The van der Waals surface area contributed by atoms with Gasteiger partial charge in [-0.05, 0) is 48.9 Å². The predicted octanol–water partition coefficient (Wildman–Crippen LogP) is 5.82. The zero-order valence-corrected chi connectivity index (χ0v) is 18.2. The smallest absolute Gasteiger partial charge is 0.322 e. The van der Waals surface area contributed by atoms with Crippen LogP contribution in [-0.4, -0.2) is 21.1 Å². The van der Waals surface area contributed by atoms with Gasteiger partial charge in [-0.25, -0.2) is 9.18 Å². The average Bonchev–Trinajstić information content (AvgIpc) is 3.49. The van der Waals surface area contributed by atoms with Gasteiger partial charge in [-0.2, -0.15) is 4.98 Å². The molecule has 3 heterocycles. The highest BCUT2D eigenvalue weighted by Crippen LogP contribution is 2.38. The van der Waals surface area contributed by atoms with E-state index in [1.54, 1.807) is 60.6 Å². The molecule has 7 nitrogen and oxygen atoms in total. The lowest BCUT2D eigenvalue weighted by molar-refractivity contribution is 0.199. The number of aromatic nitrogens is 2. The van der Waals surface area contributed by atoms with Crippen LogP contribution in [0.1, 0.15) is 30.2 Å². The summed E-state index contributed by atoms with van der Waals surface area (Å²) in [4.78, 5) is 19.1. The molecule has 1 N–H and O–H groups in total. The third kappa shape index (κ3) is 4.12. The molecule has 1 unspecified atom stereocenters. The van der Waals surface area contributed by atoms with E-state index in [9.17, 15) is 9.18 Å². The normalized spacial score (nSPS) is 16.3. The molecule has 0 saturated heterocycles. The summed E-state index contributed by atoms with van der Waals surface area (Å²) in [7, 11) is 0. The van der Waals surface area contributed by atoms with E-state index in [-0.39, 0.29) is 24.3 Å². The average molecular weight is 465 g/mol. The number of nitrogens with one attached hydrogen (secondary N) is 1. The molecule has 0 spiro atoms. The van der Waals surface area contributed by atoms with E-state index in [2.05, 4.69) is 15.5 Å². The summed E-state index contributed by atoms with van der Waals surface area (Å²) in [5.41, 5.74) is 2.47. The summed E-state index contributed by atoms with van der Waals surface area (Å²) in [6.07, 6.45) is 1.55. The van der Waals surface area contributed by atoms with Crippen molar-refractivity contribution in [1.29, 1.82) is 0 Å². The molecular weight excluding hydrogens is 447 g/mol. The van der Waals surface area contributed by atoms with Crippen molar-refractivity contribution in [3.63, 3.8) is 0 Å². The SMILES string of the molecule is CC1=C(c2nc(-c3cccc(F)c3)no2)C(c2cccc(Cl)c2)NC(=O)N1Cc1ccco1.